The van der Waals surface area contributed by atoms with E-state index in [9.17, 15) is 4.79 Å². The van der Waals surface area contributed by atoms with Crippen LogP contribution in [-0.2, 0) is 12.0 Å². The standard InChI is InChI=1S/C21H22N4O2/c22-19(26)20-23-18(27-24-20)14-25-13-7-12-21(15-25,16-8-3-1-4-9-16)17-10-5-2-6-11-17/h1-6,8-11H,7,12-15H2,(H2,22,26). The van der Waals surface area contributed by atoms with Gasteiger partial charge in [0.05, 0.1) is 6.54 Å². The van der Waals surface area contributed by atoms with E-state index in [4.69, 9.17) is 10.3 Å². The molecule has 1 aliphatic rings. The van der Waals surface area contributed by atoms with Gasteiger partial charge < -0.3 is 10.3 Å². The van der Waals surface area contributed by atoms with Gasteiger partial charge in [0.1, 0.15) is 0 Å². The number of carbonyl (C=O) groups is 1. The monoisotopic (exact) mass is 362 g/mol. The molecule has 0 atom stereocenters. The lowest BCUT2D eigenvalue weighted by Crippen LogP contribution is -2.46. The molecule has 2 heterocycles. The molecule has 6 nitrogen and oxygen atoms in total. The summed E-state index contributed by atoms with van der Waals surface area (Å²) in [6.07, 6.45) is 2.13. The Hall–Kier alpha value is -2.99. The highest BCUT2D eigenvalue weighted by Crippen LogP contribution is 2.40. The number of piperidine rings is 1. The van der Waals surface area contributed by atoms with Gasteiger partial charge in [0.25, 0.3) is 11.7 Å². The Morgan fingerprint density at radius 1 is 1.07 bits per heavy atom. The lowest BCUT2D eigenvalue weighted by atomic mass is 9.69. The van der Waals surface area contributed by atoms with E-state index in [1.54, 1.807) is 0 Å². The number of hydrogen-bond donors (Lipinski definition) is 1. The Bertz CT molecular complexity index is 869. The van der Waals surface area contributed by atoms with Crippen LogP contribution in [-0.4, -0.2) is 34.0 Å². The number of nitrogens with two attached hydrogens (primary N) is 1. The van der Waals surface area contributed by atoms with Crippen LogP contribution in [0.5, 0.6) is 0 Å². The van der Waals surface area contributed by atoms with Crippen LogP contribution in [0, 0.1) is 0 Å². The van der Waals surface area contributed by atoms with Crippen molar-refractivity contribution in [3.63, 3.8) is 0 Å². The number of aromatic nitrogens is 2. The summed E-state index contributed by atoms with van der Waals surface area (Å²) in [4.78, 5) is 17.6. The average Bonchev–Trinajstić information content (AvgIpc) is 3.18. The van der Waals surface area contributed by atoms with Crippen molar-refractivity contribution >= 4 is 5.91 Å². The predicted molar refractivity (Wildman–Crippen MR) is 101 cm³/mol. The maximum Gasteiger partial charge on any atom is 0.290 e. The van der Waals surface area contributed by atoms with Crippen LogP contribution in [0.4, 0.5) is 0 Å². The summed E-state index contributed by atoms with van der Waals surface area (Å²) in [5.41, 5.74) is 7.75. The molecule has 3 aromatic rings. The minimum atomic E-state index is -0.674. The molecule has 138 valence electrons. The number of rotatable bonds is 5. The van der Waals surface area contributed by atoms with E-state index >= 15 is 0 Å². The van der Waals surface area contributed by atoms with E-state index < -0.39 is 5.91 Å². The molecule has 4 rings (SSSR count). The summed E-state index contributed by atoms with van der Waals surface area (Å²) in [7, 11) is 0. The minimum Gasteiger partial charge on any atom is -0.363 e. The molecule has 0 radical (unpaired) electrons. The molecule has 1 amide bonds. The second-order valence-electron chi connectivity index (χ2n) is 7.00. The Morgan fingerprint density at radius 3 is 2.26 bits per heavy atom. The van der Waals surface area contributed by atoms with Crippen molar-refractivity contribution in [3.8, 4) is 0 Å². The fraction of sp³-hybridized carbons (Fsp3) is 0.286. The summed E-state index contributed by atoms with van der Waals surface area (Å²) >= 11 is 0. The number of hydrogen-bond acceptors (Lipinski definition) is 5. The maximum absolute atomic E-state index is 11.2. The van der Waals surface area contributed by atoms with Crippen LogP contribution in [0.3, 0.4) is 0 Å². The van der Waals surface area contributed by atoms with E-state index in [1.165, 1.54) is 11.1 Å². The summed E-state index contributed by atoms with van der Waals surface area (Å²) < 4.78 is 5.20. The molecule has 2 N–H and O–H groups in total. The SMILES string of the molecule is NC(=O)c1noc(CN2CCCC(c3ccccc3)(c3ccccc3)C2)n1. The molecule has 0 spiro atoms. The molecule has 0 unspecified atom stereocenters. The quantitative estimate of drug-likeness (QED) is 0.754. The van der Waals surface area contributed by atoms with Crippen LogP contribution in [0.1, 0.15) is 40.5 Å². The lowest BCUT2D eigenvalue weighted by molar-refractivity contribution is 0.0987. The first kappa shape index (κ1) is 17.4. The molecule has 0 saturated carbocycles. The highest BCUT2D eigenvalue weighted by Gasteiger charge is 2.38. The van der Waals surface area contributed by atoms with Gasteiger partial charge in [0.15, 0.2) is 0 Å². The van der Waals surface area contributed by atoms with E-state index in [0.717, 1.165) is 25.9 Å². The second kappa shape index (κ2) is 7.32. The van der Waals surface area contributed by atoms with E-state index in [0.29, 0.717) is 12.4 Å². The fourth-order valence-electron chi connectivity index (χ4n) is 4.04. The number of primary amides is 1. The van der Waals surface area contributed by atoms with Crippen LogP contribution >= 0.6 is 0 Å². The molecule has 1 aliphatic heterocycles. The van der Waals surface area contributed by atoms with Crippen molar-refractivity contribution < 1.29 is 9.32 Å². The molecule has 6 heteroatoms. The highest BCUT2D eigenvalue weighted by molar-refractivity contribution is 5.88. The van der Waals surface area contributed by atoms with Gasteiger partial charge in [0, 0.05) is 12.0 Å². The Kier molecular flexibility index (Phi) is 4.73. The van der Waals surface area contributed by atoms with Crippen molar-refractivity contribution in [2.75, 3.05) is 13.1 Å². The number of amides is 1. The third kappa shape index (κ3) is 3.48. The number of likely N-dealkylation sites (tertiary alicyclic amines) is 1. The van der Waals surface area contributed by atoms with Gasteiger partial charge in [0.2, 0.25) is 5.89 Å². The molecule has 2 aromatic carbocycles. The third-order valence-electron chi connectivity index (χ3n) is 5.27. The molecule has 1 aromatic heterocycles. The summed E-state index contributed by atoms with van der Waals surface area (Å²) in [5, 5.41) is 3.65. The van der Waals surface area contributed by atoms with Crippen LogP contribution in [0.2, 0.25) is 0 Å². The molecule has 27 heavy (non-hydrogen) atoms. The van der Waals surface area contributed by atoms with Gasteiger partial charge in [-0.2, -0.15) is 4.98 Å². The van der Waals surface area contributed by atoms with E-state index in [-0.39, 0.29) is 11.2 Å². The van der Waals surface area contributed by atoms with Crippen molar-refractivity contribution in [3.05, 3.63) is 83.5 Å². The summed E-state index contributed by atoms with van der Waals surface area (Å²) in [6.45, 7) is 2.28. The van der Waals surface area contributed by atoms with Gasteiger partial charge in [-0.1, -0.05) is 65.8 Å². The minimum absolute atomic E-state index is 0.0700. The lowest BCUT2D eigenvalue weighted by Gasteiger charge is -2.43. The van der Waals surface area contributed by atoms with Crippen LogP contribution < -0.4 is 5.73 Å². The first-order chi connectivity index (χ1) is 13.2. The van der Waals surface area contributed by atoms with Crippen molar-refractivity contribution in [1.82, 2.24) is 15.0 Å². The van der Waals surface area contributed by atoms with Crippen LogP contribution in [0.15, 0.2) is 65.2 Å². The zero-order chi connectivity index (χ0) is 18.7. The molecule has 1 saturated heterocycles. The normalized spacial score (nSPS) is 16.9. The average molecular weight is 362 g/mol. The van der Waals surface area contributed by atoms with Crippen molar-refractivity contribution in [2.24, 2.45) is 5.73 Å². The smallest absolute Gasteiger partial charge is 0.290 e. The molecule has 1 fully saturated rings. The van der Waals surface area contributed by atoms with E-state index in [2.05, 4.69) is 63.6 Å². The molecule has 0 aliphatic carbocycles. The number of nitrogens with zero attached hydrogens (tertiary/aromatic N) is 3. The van der Waals surface area contributed by atoms with E-state index in [1.807, 2.05) is 12.1 Å². The largest absolute Gasteiger partial charge is 0.363 e. The van der Waals surface area contributed by atoms with Gasteiger partial charge >= 0.3 is 0 Å². The predicted octanol–water partition coefficient (Wildman–Crippen LogP) is 2.75. The zero-order valence-corrected chi connectivity index (χ0v) is 15.0. The van der Waals surface area contributed by atoms with Gasteiger partial charge in [-0.25, -0.2) is 0 Å². The van der Waals surface area contributed by atoms with Crippen molar-refractivity contribution in [2.45, 2.75) is 24.8 Å². The topological polar surface area (TPSA) is 85.2 Å². The maximum atomic E-state index is 11.2. The Morgan fingerprint density at radius 2 is 1.70 bits per heavy atom. The fourth-order valence-corrected chi connectivity index (χ4v) is 4.04. The van der Waals surface area contributed by atoms with Gasteiger partial charge in [-0.3, -0.25) is 9.69 Å². The molecule has 0 bridgehead atoms. The second-order valence-corrected chi connectivity index (χ2v) is 7.00. The highest BCUT2D eigenvalue weighted by atomic mass is 16.5. The van der Waals surface area contributed by atoms with Gasteiger partial charge in [-0.05, 0) is 30.5 Å². The molecular formula is C21H22N4O2. The first-order valence-electron chi connectivity index (χ1n) is 9.13. The van der Waals surface area contributed by atoms with Crippen molar-refractivity contribution in [1.29, 1.82) is 0 Å². The Balaban J connectivity index is 1.65. The summed E-state index contributed by atoms with van der Waals surface area (Å²) in [6, 6.07) is 21.3. The zero-order valence-electron chi connectivity index (χ0n) is 15.0. The third-order valence-corrected chi connectivity index (χ3v) is 5.27. The Labute approximate surface area is 158 Å². The molecular weight excluding hydrogens is 340 g/mol. The summed E-state index contributed by atoms with van der Waals surface area (Å²) in [5.74, 6) is -0.327. The number of benzene rings is 2. The van der Waals surface area contributed by atoms with Gasteiger partial charge in [-0.15, -0.1) is 0 Å². The number of carbonyl (C=O) groups excluding carboxylic acids is 1. The first-order valence-corrected chi connectivity index (χ1v) is 9.13. The van der Waals surface area contributed by atoms with Crippen LogP contribution in [0.25, 0.3) is 0 Å².